The van der Waals surface area contributed by atoms with Gasteiger partial charge in [0.1, 0.15) is 0 Å². The Bertz CT molecular complexity index is 1110. The average Bonchev–Trinajstić information content (AvgIpc) is 2.68. The molecule has 11 heteroatoms. The fraction of sp³-hybridized carbons (Fsp3) is 0.368. The van der Waals surface area contributed by atoms with E-state index in [1.165, 1.54) is 19.1 Å². The fourth-order valence-electron chi connectivity index (χ4n) is 3.32. The third-order valence-electron chi connectivity index (χ3n) is 4.98. The van der Waals surface area contributed by atoms with Crippen LogP contribution in [0.15, 0.2) is 58.3 Å². The molecule has 2 aromatic rings. The molecule has 2 aromatic carbocycles. The Morgan fingerprint density at radius 1 is 0.933 bits per heavy atom. The van der Waals surface area contributed by atoms with Crippen molar-refractivity contribution in [3.63, 3.8) is 0 Å². The Labute approximate surface area is 173 Å². The highest BCUT2D eigenvalue weighted by molar-refractivity contribution is 7.89. The van der Waals surface area contributed by atoms with Gasteiger partial charge < -0.3 is 0 Å². The van der Waals surface area contributed by atoms with Crippen LogP contribution in [-0.4, -0.2) is 40.3 Å². The second kappa shape index (κ2) is 8.29. The van der Waals surface area contributed by atoms with Crippen molar-refractivity contribution in [2.24, 2.45) is 0 Å². The molecule has 0 aromatic heterocycles. The summed E-state index contributed by atoms with van der Waals surface area (Å²) in [6.45, 7) is 1.27. The molecule has 1 saturated heterocycles. The highest BCUT2D eigenvalue weighted by Gasteiger charge is 2.36. The van der Waals surface area contributed by atoms with Crippen LogP contribution in [0.2, 0.25) is 0 Å². The first kappa shape index (κ1) is 22.7. The topological polar surface area (TPSA) is 83.6 Å². The van der Waals surface area contributed by atoms with Gasteiger partial charge in [0.15, 0.2) is 0 Å². The van der Waals surface area contributed by atoms with Crippen LogP contribution in [0.5, 0.6) is 0 Å². The second-order valence-electron chi connectivity index (χ2n) is 7.09. The summed E-state index contributed by atoms with van der Waals surface area (Å²) in [7, 11) is -7.86. The van der Waals surface area contributed by atoms with Crippen molar-refractivity contribution in [3.05, 3.63) is 59.7 Å². The number of nitrogens with one attached hydrogen (secondary N) is 1. The number of hydrogen-bond acceptors (Lipinski definition) is 4. The van der Waals surface area contributed by atoms with Gasteiger partial charge in [-0.25, -0.2) is 21.6 Å². The summed E-state index contributed by atoms with van der Waals surface area (Å²) in [5.74, 6) is 0. The van der Waals surface area contributed by atoms with Crippen LogP contribution >= 0.6 is 0 Å². The molecule has 0 atom stereocenters. The van der Waals surface area contributed by atoms with Crippen molar-refractivity contribution in [1.29, 1.82) is 0 Å². The van der Waals surface area contributed by atoms with Crippen molar-refractivity contribution in [1.82, 2.24) is 9.03 Å². The first-order valence-corrected chi connectivity index (χ1v) is 12.1. The lowest BCUT2D eigenvalue weighted by Crippen LogP contribution is -2.46. The van der Waals surface area contributed by atoms with Gasteiger partial charge in [-0.2, -0.15) is 17.5 Å². The number of piperidine rings is 1. The van der Waals surface area contributed by atoms with E-state index in [0.29, 0.717) is 6.07 Å². The summed E-state index contributed by atoms with van der Waals surface area (Å²) >= 11 is 0. The molecule has 0 bridgehead atoms. The molecule has 1 fully saturated rings. The van der Waals surface area contributed by atoms with E-state index in [-0.39, 0.29) is 36.4 Å². The minimum absolute atomic E-state index is 0.000459. The predicted octanol–water partition coefficient (Wildman–Crippen LogP) is 3.15. The predicted molar refractivity (Wildman–Crippen MR) is 105 cm³/mol. The van der Waals surface area contributed by atoms with Crippen LogP contribution in [0, 0.1) is 6.92 Å². The number of benzene rings is 2. The molecule has 1 N–H and O–H groups in total. The molecule has 30 heavy (non-hydrogen) atoms. The number of hydrogen-bond donors (Lipinski definition) is 1. The molecule has 0 radical (unpaired) electrons. The van der Waals surface area contributed by atoms with Crippen molar-refractivity contribution >= 4 is 20.0 Å². The summed E-state index contributed by atoms with van der Waals surface area (Å²) in [6, 6.07) is 10.3. The van der Waals surface area contributed by atoms with Crippen molar-refractivity contribution < 1.29 is 30.0 Å². The van der Waals surface area contributed by atoms with E-state index in [0.717, 1.165) is 16.4 Å². The first-order chi connectivity index (χ1) is 13.9. The largest absolute Gasteiger partial charge is 0.416 e. The van der Waals surface area contributed by atoms with Gasteiger partial charge in [0, 0.05) is 19.1 Å². The van der Waals surface area contributed by atoms with Crippen molar-refractivity contribution in [3.8, 4) is 0 Å². The van der Waals surface area contributed by atoms with Crippen LogP contribution in [0.3, 0.4) is 0 Å². The normalized spacial score (nSPS) is 17.2. The highest BCUT2D eigenvalue weighted by atomic mass is 32.2. The van der Waals surface area contributed by atoms with E-state index in [4.69, 9.17) is 0 Å². The summed E-state index contributed by atoms with van der Waals surface area (Å²) in [4.78, 5) is -0.317. The molecule has 3 rings (SSSR count). The number of alkyl halides is 3. The van der Waals surface area contributed by atoms with E-state index < -0.39 is 42.7 Å². The van der Waals surface area contributed by atoms with Gasteiger partial charge in [-0.05, 0) is 49.6 Å². The van der Waals surface area contributed by atoms with Gasteiger partial charge in [-0.3, -0.25) is 0 Å². The summed E-state index contributed by atoms with van der Waals surface area (Å²) < 4.78 is 93.5. The zero-order valence-electron chi connectivity index (χ0n) is 16.1. The first-order valence-electron chi connectivity index (χ1n) is 9.16. The van der Waals surface area contributed by atoms with Crippen molar-refractivity contribution in [2.45, 2.75) is 41.8 Å². The third-order valence-corrected chi connectivity index (χ3v) is 8.41. The zero-order chi connectivity index (χ0) is 22.2. The van der Waals surface area contributed by atoms with Crippen LogP contribution in [0.25, 0.3) is 0 Å². The number of halogens is 3. The summed E-state index contributed by atoms with van der Waals surface area (Å²) in [5.41, 5.74) is -1.05. The lowest BCUT2D eigenvalue weighted by molar-refractivity contribution is -0.138. The van der Waals surface area contributed by atoms with E-state index in [1.807, 2.05) is 0 Å². The molecule has 0 unspecified atom stereocenters. The van der Waals surface area contributed by atoms with Gasteiger partial charge in [0.05, 0.1) is 15.4 Å². The van der Waals surface area contributed by atoms with E-state index >= 15 is 0 Å². The Morgan fingerprint density at radius 2 is 1.53 bits per heavy atom. The summed E-state index contributed by atoms with van der Waals surface area (Å²) in [6.07, 6.45) is -4.23. The zero-order valence-corrected chi connectivity index (χ0v) is 17.7. The van der Waals surface area contributed by atoms with Gasteiger partial charge in [-0.15, -0.1) is 0 Å². The van der Waals surface area contributed by atoms with Gasteiger partial charge >= 0.3 is 6.18 Å². The molecule has 6 nitrogen and oxygen atoms in total. The highest BCUT2D eigenvalue weighted by Crippen LogP contribution is 2.34. The number of aryl methyl sites for hydroxylation is 1. The third kappa shape index (κ3) is 4.85. The maximum absolute atomic E-state index is 13.1. The molecular weight excluding hydrogens is 441 g/mol. The Morgan fingerprint density at radius 3 is 2.10 bits per heavy atom. The molecule has 0 spiro atoms. The molecule has 0 amide bonds. The SMILES string of the molecule is Cc1ccc(S(=O)(=O)N2CCC(NS(=O)(=O)c3ccccc3)CC2)cc1C(F)(F)F. The molecule has 1 aliphatic rings. The number of rotatable bonds is 5. The molecular formula is C19H21F3N2O4S2. The Kier molecular flexibility index (Phi) is 6.28. The fourth-order valence-corrected chi connectivity index (χ4v) is 6.14. The standard InChI is InChI=1S/C19H21F3N2O4S2/c1-14-7-8-17(13-18(14)19(20,21)22)30(27,28)24-11-9-15(10-12-24)23-29(25,26)16-5-3-2-4-6-16/h2-8,13,15,23H,9-12H2,1H3. The van der Waals surface area contributed by atoms with Crippen LogP contribution in [0.4, 0.5) is 13.2 Å². The van der Waals surface area contributed by atoms with Crippen LogP contribution < -0.4 is 4.72 Å². The average molecular weight is 463 g/mol. The monoisotopic (exact) mass is 462 g/mol. The second-order valence-corrected chi connectivity index (χ2v) is 10.7. The van der Waals surface area contributed by atoms with Gasteiger partial charge in [0.2, 0.25) is 20.0 Å². The van der Waals surface area contributed by atoms with E-state index in [2.05, 4.69) is 4.72 Å². The lowest BCUT2D eigenvalue weighted by Gasteiger charge is -2.31. The van der Waals surface area contributed by atoms with Gasteiger partial charge in [0.25, 0.3) is 0 Å². The lowest BCUT2D eigenvalue weighted by atomic mass is 10.1. The molecule has 1 heterocycles. The maximum atomic E-state index is 13.1. The molecule has 1 aliphatic heterocycles. The Hall–Kier alpha value is -1.95. The number of nitrogens with zero attached hydrogens (tertiary/aromatic N) is 1. The quantitative estimate of drug-likeness (QED) is 0.740. The van der Waals surface area contributed by atoms with E-state index in [9.17, 15) is 30.0 Å². The Balaban J connectivity index is 1.72. The van der Waals surface area contributed by atoms with Crippen LogP contribution in [-0.2, 0) is 26.2 Å². The van der Waals surface area contributed by atoms with Gasteiger partial charge in [-0.1, -0.05) is 24.3 Å². The van der Waals surface area contributed by atoms with E-state index in [1.54, 1.807) is 18.2 Å². The minimum Gasteiger partial charge on any atom is -0.208 e. The van der Waals surface area contributed by atoms with Crippen molar-refractivity contribution in [2.75, 3.05) is 13.1 Å². The molecule has 0 saturated carbocycles. The molecule has 0 aliphatic carbocycles. The van der Waals surface area contributed by atoms with Crippen LogP contribution in [0.1, 0.15) is 24.0 Å². The smallest absolute Gasteiger partial charge is 0.208 e. The summed E-state index contributed by atoms with van der Waals surface area (Å²) in [5, 5.41) is 0. The molecule has 164 valence electrons. The number of sulfonamides is 2. The maximum Gasteiger partial charge on any atom is 0.416 e. The minimum atomic E-state index is -4.65.